The normalized spacial score (nSPS) is 10.7. The van der Waals surface area contributed by atoms with Gasteiger partial charge in [-0.2, -0.15) is 5.10 Å². The van der Waals surface area contributed by atoms with Crippen molar-refractivity contribution in [2.45, 2.75) is 13.8 Å². The second kappa shape index (κ2) is 7.65. The summed E-state index contributed by atoms with van der Waals surface area (Å²) in [6, 6.07) is 10.4. The third-order valence-electron chi connectivity index (χ3n) is 3.16. The first kappa shape index (κ1) is 16.8. The van der Waals surface area contributed by atoms with E-state index in [0.29, 0.717) is 16.3 Å². The molecule has 0 radical (unpaired) electrons. The van der Waals surface area contributed by atoms with Crippen molar-refractivity contribution in [3.05, 3.63) is 58.1 Å². The Morgan fingerprint density at radius 3 is 2.83 bits per heavy atom. The van der Waals surface area contributed by atoms with Crippen LogP contribution in [-0.4, -0.2) is 23.8 Å². The van der Waals surface area contributed by atoms with Crippen LogP contribution in [0.3, 0.4) is 0 Å². The van der Waals surface area contributed by atoms with Gasteiger partial charge in [-0.1, -0.05) is 23.7 Å². The van der Waals surface area contributed by atoms with E-state index in [1.807, 2.05) is 6.92 Å². The number of nitrogens with one attached hydrogen (secondary N) is 1. The van der Waals surface area contributed by atoms with Gasteiger partial charge in [0.15, 0.2) is 6.61 Å². The summed E-state index contributed by atoms with van der Waals surface area (Å²) in [7, 11) is 0. The molecule has 0 atom stereocenters. The van der Waals surface area contributed by atoms with Gasteiger partial charge in [0, 0.05) is 10.6 Å². The molecule has 0 aliphatic heterocycles. The third-order valence-corrected chi connectivity index (χ3v) is 3.59. The molecule has 120 valence electrons. The van der Waals surface area contributed by atoms with Gasteiger partial charge in [-0.15, -0.1) is 0 Å². The summed E-state index contributed by atoms with van der Waals surface area (Å²) >= 11 is 5.92. The minimum atomic E-state index is -0.402. The Balaban J connectivity index is 1.86. The van der Waals surface area contributed by atoms with Crippen molar-refractivity contribution in [3.63, 3.8) is 0 Å². The fourth-order valence-corrected chi connectivity index (χ4v) is 1.97. The number of amides is 1. The molecule has 5 nitrogen and oxygen atoms in total. The molecule has 0 heterocycles. The molecule has 1 amide bonds. The van der Waals surface area contributed by atoms with Gasteiger partial charge in [0.25, 0.3) is 5.91 Å². The van der Waals surface area contributed by atoms with Crippen LogP contribution in [0.15, 0.2) is 41.5 Å². The van der Waals surface area contributed by atoms with Crippen LogP contribution in [0.2, 0.25) is 5.02 Å². The first-order chi connectivity index (χ1) is 11.0. The number of hydrogen-bond donors (Lipinski definition) is 2. The van der Waals surface area contributed by atoms with E-state index >= 15 is 0 Å². The molecular formula is C17H17ClN2O3. The lowest BCUT2D eigenvalue weighted by Crippen LogP contribution is -2.24. The number of halogens is 1. The van der Waals surface area contributed by atoms with Crippen LogP contribution in [0.25, 0.3) is 0 Å². The smallest absolute Gasteiger partial charge is 0.277 e. The minimum Gasteiger partial charge on any atom is -0.507 e. The van der Waals surface area contributed by atoms with E-state index in [9.17, 15) is 9.90 Å². The summed E-state index contributed by atoms with van der Waals surface area (Å²) in [4.78, 5) is 11.7. The van der Waals surface area contributed by atoms with Crippen molar-refractivity contribution in [1.29, 1.82) is 0 Å². The second-order valence-corrected chi connectivity index (χ2v) is 5.41. The highest BCUT2D eigenvalue weighted by atomic mass is 35.5. The Kier molecular flexibility index (Phi) is 5.60. The number of phenols is 1. The number of rotatable bonds is 5. The summed E-state index contributed by atoms with van der Waals surface area (Å²) in [6.07, 6.45) is 1.38. The van der Waals surface area contributed by atoms with Crippen LogP contribution < -0.4 is 10.2 Å². The van der Waals surface area contributed by atoms with E-state index in [2.05, 4.69) is 10.5 Å². The molecule has 6 heteroatoms. The Morgan fingerprint density at radius 2 is 2.09 bits per heavy atom. The van der Waals surface area contributed by atoms with Gasteiger partial charge in [-0.05, 0) is 49.2 Å². The van der Waals surface area contributed by atoms with Gasteiger partial charge in [0.05, 0.1) is 6.21 Å². The monoisotopic (exact) mass is 332 g/mol. The maximum Gasteiger partial charge on any atom is 0.277 e. The summed E-state index contributed by atoms with van der Waals surface area (Å²) in [5, 5.41) is 14.3. The van der Waals surface area contributed by atoms with Crippen molar-refractivity contribution in [1.82, 2.24) is 5.43 Å². The molecule has 2 aromatic carbocycles. The van der Waals surface area contributed by atoms with Crippen molar-refractivity contribution in [2.24, 2.45) is 5.10 Å². The Hall–Kier alpha value is -2.53. The number of ether oxygens (including phenoxy) is 1. The second-order valence-electron chi connectivity index (χ2n) is 5.01. The van der Waals surface area contributed by atoms with Gasteiger partial charge in [-0.3, -0.25) is 4.79 Å². The molecule has 2 rings (SSSR count). The van der Waals surface area contributed by atoms with Gasteiger partial charge >= 0.3 is 0 Å². The predicted octanol–water partition coefficient (Wildman–Crippen LogP) is 3.19. The number of phenolic OH excluding ortho intramolecular Hbond substituents is 1. The highest BCUT2D eigenvalue weighted by Crippen LogP contribution is 2.21. The molecule has 0 aromatic heterocycles. The Labute approximate surface area is 139 Å². The van der Waals surface area contributed by atoms with E-state index in [1.165, 1.54) is 6.21 Å². The fourth-order valence-electron chi connectivity index (χ4n) is 1.85. The van der Waals surface area contributed by atoms with Crippen molar-refractivity contribution >= 4 is 23.7 Å². The van der Waals surface area contributed by atoms with E-state index in [4.69, 9.17) is 16.3 Å². The lowest BCUT2D eigenvalue weighted by atomic mass is 10.1. The average Bonchev–Trinajstić information content (AvgIpc) is 2.52. The maximum atomic E-state index is 11.7. The van der Waals surface area contributed by atoms with Crippen LogP contribution in [0.1, 0.15) is 16.7 Å². The highest BCUT2D eigenvalue weighted by Gasteiger charge is 2.04. The average molecular weight is 333 g/mol. The number of carbonyl (C=O) groups is 1. The standard InChI is InChI=1S/C17H17ClN2O3/c1-11-4-3-5-13(17(11)22)9-19-20-16(21)10-23-14-6-7-15(18)12(2)8-14/h3-9,22H,10H2,1-2H3,(H,20,21)/b19-9-. The number of para-hydroxylation sites is 1. The lowest BCUT2D eigenvalue weighted by Gasteiger charge is -2.06. The number of nitrogens with zero attached hydrogens (tertiary/aromatic N) is 1. The van der Waals surface area contributed by atoms with E-state index < -0.39 is 5.91 Å². The highest BCUT2D eigenvalue weighted by molar-refractivity contribution is 6.31. The molecule has 2 N–H and O–H groups in total. The molecule has 2 aromatic rings. The Bertz CT molecular complexity index is 745. The minimum absolute atomic E-state index is 0.137. The zero-order chi connectivity index (χ0) is 16.8. The van der Waals surface area contributed by atoms with Gasteiger partial charge in [0.1, 0.15) is 11.5 Å². The van der Waals surface area contributed by atoms with Crippen molar-refractivity contribution in [3.8, 4) is 11.5 Å². The molecule has 0 bridgehead atoms. The fraction of sp³-hybridized carbons (Fsp3) is 0.176. The topological polar surface area (TPSA) is 70.9 Å². The number of hydrazone groups is 1. The molecule has 0 fully saturated rings. The zero-order valence-electron chi connectivity index (χ0n) is 12.8. The number of aromatic hydroxyl groups is 1. The molecule has 0 aliphatic rings. The zero-order valence-corrected chi connectivity index (χ0v) is 13.6. The molecule has 0 saturated heterocycles. The largest absolute Gasteiger partial charge is 0.507 e. The van der Waals surface area contributed by atoms with Crippen LogP contribution in [0.5, 0.6) is 11.5 Å². The Morgan fingerprint density at radius 1 is 1.30 bits per heavy atom. The van der Waals surface area contributed by atoms with E-state index in [-0.39, 0.29) is 12.4 Å². The predicted molar refractivity (Wildman–Crippen MR) is 90.3 cm³/mol. The third kappa shape index (κ3) is 4.72. The molecule has 23 heavy (non-hydrogen) atoms. The molecule has 0 spiro atoms. The first-order valence-corrected chi connectivity index (χ1v) is 7.34. The summed E-state index contributed by atoms with van der Waals surface area (Å²) in [5.41, 5.74) is 4.48. The number of benzene rings is 2. The molecule has 0 saturated carbocycles. The van der Waals surface area contributed by atoms with Crippen LogP contribution >= 0.6 is 11.6 Å². The molecule has 0 aliphatic carbocycles. The van der Waals surface area contributed by atoms with E-state index in [1.54, 1.807) is 43.3 Å². The molecule has 0 unspecified atom stereocenters. The first-order valence-electron chi connectivity index (χ1n) is 6.97. The summed E-state index contributed by atoms with van der Waals surface area (Å²) in [6.45, 7) is 3.47. The van der Waals surface area contributed by atoms with Crippen LogP contribution in [-0.2, 0) is 4.79 Å². The van der Waals surface area contributed by atoms with Crippen molar-refractivity contribution in [2.75, 3.05) is 6.61 Å². The summed E-state index contributed by atoms with van der Waals surface area (Å²) < 4.78 is 5.36. The lowest BCUT2D eigenvalue weighted by molar-refractivity contribution is -0.123. The molecular weight excluding hydrogens is 316 g/mol. The van der Waals surface area contributed by atoms with Crippen molar-refractivity contribution < 1.29 is 14.6 Å². The number of carbonyl (C=O) groups excluding carboxylic acids is 1. The van der Waals surface area contributed by atoms with E-state index in [0.717, 1.165) is 11.1 Å². The van der Waals surface area contributed by atoms with Crippen LogP contribution in [0.4, 0.5) is 0 Å². The quantitative estimate of drug-likeness (QED) is 0.652. The maximum absolute atomic E-state index is 11.7. The van der Waals surface area contributed by atoms with Crippen LogP contribution in [0, 0.1) is 13.8 Å². The number of hydrogen-bond acceptors (Lipinski definition) is 4. The van der Waals surface area contributed by atoms with Gasteiger partial charge < -0.3 is 9.84 Å². The SMILES string of the molecule is Cc1cc(OCC(=O)N/N=C\c2cccc(C)c2O)ccc1Cl. The van der Waals surface area contributed by atoms with Gasteiger partial charge in [0.2, 0.25) is 0 Å². The summed E-state index contributed by atoms with van der Waals surface area (Å²) in [5.74, 6) is 0.293. The van der Waals surface area contributed by atoms with Gasteiger partial charge in [-0.25, -0.2) is 5.43 Å². The number of aryl methyl sites for hydroxylation is 2.